The van der Waals surface area contributed by atoms with Crippen molar-refractivity contribution in [1.29, 1.82) is 0 Å². The molecule has 2 unspecified atom stereocenters. The summed E-state index contributed by atoms with van der Waals surface area (Å²) in [6.45, 7) is -0.533. The molecule has 0 radical (unpaired) electrons. The van der Waals surface area contributed by atoms with Gasteiger partial charge in [0.25, 0.3) is 0 Å². The molecule has 1 saturated heterocycles. The molecule has 0 aliphatic carbocycles. The van der Waals surface area contributed by atoms with Crippen LogP contribution < -0.4 is 0 Å². The Bertz CT molecular complexity index is 679. The summed E-state index contributed by atoms with van der Waals surface area (Å²) in [6.07, 6.45) is -0.875. The molecule has 1 heterocycles. The van der Waals surface area contributed by atoms with Crippen LogP contribution in [0.25, 0.3) is 0 Å². The van der Waals surface area contributed by atoms with Crippen LogP contribution in [0, 0.1) is 5.82 Å². The van der Waals surface area contributed by atoms with E-state index in [1.165, 1.54) is 13.2 Å². The number of hydrogen-bond acceptors (Lipinski definition) is 4. The molecule has 2 aromatic rings. The lowest BCUT2D eigenvalue weighted by atomic mass is 9.58. The van der Waals surface area contributed by atoms with Crippen LogP contribution in [-0.4, -0.2) is 20.2 Å². The Labute approximate surface area is 134 Å². The average molecular weight is 314 g/mol. The van der Waals surface area contributed by atoms with Crippen molar-refractivity contribution in [3.63, 3.8) is 0 Å². The number of ether oxygens (including phenoxy) is 2. The second kappa shape index (κ2) is 6.83. The van der Waals surface area contributed by atoms with Gasteiger partial charge in [0.05, 0.1) is 13.2 Å². The first-order chi connectivity index (χ1) is 11.2. The van der Waals surface area contributed by atoms with E-state index in [1.54, 1.807) is 18.2 Å². The normalized spacial score (nSPS) is 20.3. The molecule has 2 atom stereocenters. The van der Waals surface area contributed by atoms with E-state index in [0.29, 0.717) is 11.9 Å². The number of carbonyl (C=O) groups excluding carboxylic acids is 1. The van der Waals surface area contributed by atoms with E-state index in [2.05, 4.69) is 4.74 Å². The number of benzene rings is 2. The minimum Gasteiger partial charge on any atom is -0.503 e. The van der Waals surface area contributed by atoms with Gasteiger partial charge in [0.2, 0.25) is 0 Å². The lowest BCUT2D eigenvalue weighted by Gasteiger charge is -2.16. The minimum atomic E-state index is -0.770. The summed E-state index contributed by atoms with van der Waals surface area (Å²) in [7, 11) is 1.25. The van der Waals surface area contributed by atoms with E-state index in [9.17, 15) is 9.18 Å². The highest BCUT2D eigenvalue weighted by molar-refractivity contribution is 6.55. The van der Waals surface area contributed by atoms with Crippen LogP contribution in [0.1, 0.15) is 23.2 Å². The molecule has 6 heteroatoms. The van der Waals surface area contributed by atoms with Crippen LogP contribution in [0.5, 0.6) is 0 Å². The van der Waals surface area contributed by atoms with Gasteiger partial charge < -0.3 is 14.1 Å². The van der Waals surface area contributed by atoms with Crippen molar-refractivity contribution in [3.8, 4) is 0 Å². The molecule has 0 bridgehead atoms. The summed E-state index contributed by atoms with van der Waals surface area (Å²) in [5.41, 5.74) is 1.34. The molecule has 118 valence electrons. The van der Waals surface area contributed by atoms with Crippen LogP contribution in [0.4, 0.5) is 9.18 Å². The predicted octanol–water partition coefficient (Wildman–Crippen LogP) is 3.95. The topological polar surface area (TPSA) is 44.8 Å². The number of carbonyl (C=O) groups is 1. The van der Waals surface area contributed by atoms with Crippen LogP contribution >= 0.6 is 0 Å². The van der Waals surface area contributed by atoms with Gasteiger partial charge in [-0.2, -0.15) is 0 Å². The second-order valence-electron chi connectivity index (χ2n) is 5.32. The van der Waals surface area contributed by atoms with Gasteiger partial charge >= 0.3 is 13.1 Å². The fourth-order valence-corrected chi connectivity index (χ4v) is 2.81. The molecular weight excluding hydrogens is 298 g/mol. The van der Waals surface area contributed by atoms with Crippen LogP contribution in [-0.2, 0) is 14.1 Å². The van der Waals surface area contributed by atoms with E-state index < -0.39 is 25.2 Å². The van der Waals surface area contributed by atoms with Gasteiger partial charge in [0.15, 0.2) is 0 Å². The van der Waals surface area contributed by atoms with Crippen molar-refractivity contribution in [3.05, 3.63) is 71.5 Å². The first-order valence-electron chi connectivity index (χ1n) is 7.38. The number of halogens is 1. The lowest BCUT2D eigenvalue weighted by Crippen LogP contribution is -2.26. The predicted molar refractivity (Wildman–Crippen MR) is 83.5 cm³/mol. The summed E-state index contributed by atoms with van der Waals surface area (Å²) in [6, 6.07) is 15.4. The monoisotopic (exact) mass is 314 g/mol. The number of methoxy groups -OCH3 is 1. The maximum Gasteiger partial charge on any atom is 0.489 e. The Morgan fingerprint density at radius 2 is 1.87 bits per heavy atom. The highest BCUT2D eigenvalue weighted by Crippen LogP contribution is 2.42. The zero-order valence-corrected chi connectivity index (χ0v) is 12.6. The third-order valence-electron chi connectivity index (χ3n) is 3.89. The Kier molecular flexibility index (Phi) is 4.62. The fourth-order valence-electron chi connectivity index (χ4n) is 2.81. The highest BCUT2D eigenvalue weighted by Gasteiger charge is 2.45. The van der Waals surface area contributed by atoms with Crippen LogP contribution in [0.2, 0.25) is 6.32 Å². The molecule has 0 N–H and O–H groups in total. The van der Waals surface area contributed by atoms with E-state index in [0.717, 1.165) is 5.56 Å². The van der Waals surface area contributed by atoms with E-state index in [4.69, 9.17) is 9.39 Å². The molecule has 0 aromatic heterocycles. The van der Waals surface area contributed by atoms with E-state index >= 15 is 0 Å². The molecule has 1 aliphatic rings. The Hall–Kier alpha value is -2.34. The van der Waals surface area contributed by atoms with Gasteiger partial charge in [-0.1, -0.05) is 48.5 Å². The maximum atomic E-state index is 14.0. The van der Waals surface area contributed by atoms with Crippen LogP contribution in [0.3, 0.4) is 0 Å². The molecule has 3 rings (SSSR count). The Balaban J connectivity index is 1.87. The van der Waals surface area contributed by atoms with Gasteiger partial charge in [-0.25, -0.2) is 9.18 Å². The van der Waals surface area contributed by atoms with Gasteiger partial charge in [-0.05, 0) is 17.9 Å². The summed E-state index contributed by atoms with van der Waals surface area (Å²) in [5.74, 6) is -0.331. The SMILES string of the molecule is COC(=O)OB1CC(c2ccccc2F)OC1c1ccccc1. The number of rotatable bonds is 3. The van der Waals surface area contributed by atoms with Crippen molar-refractivity contribution in [2.75, 3.05) is 7.11 Å². The van der Waals surface area contributed by atoms with Gasteiger partial charge in [-0.3, -0.25) is 0 Å². The van der Waals surface area contributed by atoms with Gasteiger partial charge in [-0.15, -0.1) is 0 Å². The minimum absolute atomic E-state index is 0.331. The zero-order chi connectivity index (χ0) is 16.2. The first kappa shape index (κ1) is 15.6. The molecule has 0 amide bonds. The summed E-state index contributed by atoms with van der Waals surface area (Å²) >= 11 is 0. The summed E-state index contributed by atoms with van der Waals surface area (Å²) < 4.78 is 29.9. The third kappa shape index (κ3) is 3.37. The molecule has 1 fully saturated rings. The van der Waals surface area contributed by atoms with Crippen molar-refractivity contribution in [1.82, 2.24) is 0 Å². The summed E-state index contributed by atoms with van der Waals surface area (Å²) in [4.78, 5) is 11.5. The molecule has 0 saturated carbocycles. The van der Waals surface area contributed by atoms with Crippen molar-refractivity contribution >= 4 is 13.1 Å². The quantitative estimate of drug-likeness (QED) is 0.635. The first-order valence-corrected chi connectivity index (χ1v) is 7.38. The van der Waals surface area contributed by atoms with E-state index in [1.807, 2.05) is 30.3 Å². The highest BCUT2D eigenvalue weighted by atomic mass is 19.1. The lowest BCUT2D eigenvalue weighted by molar-refractivity contribution is 0.0551. The zero-order valence-electron chi connectivity index (χ0n) is 12.6. The van der Waals surface area contributed by atoms with Gasteiger partial charge in [0.1, 0.15) is 11.8 Å². The molecule has 4 nitrogen and oxygen atoms in total. The summed E-state index contributed by atoms with van der Waals surface area (Å²) in [5, 5.41) is 0. The molecule has 1 aliphatic heterocycles. The van der Waals surface area contributed by atoms with Crippen molar-refractivity contribution in [2.45, 2.75) is 18.4 Å². The van der Waals surface area contributed by atoms with E-state index in [-0.39, 0.29) is 5.82 Å². The molecule has 2 aromatic carbocycles. The smallest absolute Gasteiger partial charge is 0.489 e. The molecule has 0 spiro atoms. The molecular formula is C17H16BFO4. The Morgan fingerprint density at radius 3 is 2.57 bits per heavy atom. The number of hydrogen-bond donors (Lipinski definition) is 0. The standard InChI is InChI=1S/C17H16BFO4/c1-21-17(20)23-18-11-15(13-9-5-6-10-14(13)19)22-16(18)12-7-3-2-4-8-12/h2-10,15-16H,11H2,1H3. The maximum absolute atomic E-state index is 14.0. The Morgan fingerprint density at radius 1 is 1.17 bits per heavy atom. The van der Waals surface area contributed by atoms with Crippen LogP contribution in [0.15, 0.2) is 54.6 Å². The average Bonchev–Trinajstić information content (AvgIpc) is 2.99. The second-order valence-corrected chi connectivity index (χ2v) is 5.32. The van der Waals surface area contributed by atoms with Gasteiger partial charge in [0, 0.05) is 5.56 Å². The van der Waals surface area contributed by atoms with Crippen molar-refractivity contribution < 1.29 is 23.3 Å². The third-order valence-corrected chi connectivity index (χ3v) is 3.89. The largest absolute Gasteiger partial charge is 0.503 e. The molecule has 23 heavy (non-hydrogen) atoms. The van der Waals surface area contributed by atoms with Crippen molar-refractivity contribution in [2.24, 2.45) is 0 Å². The fraction of sp³-hybridized carbons (Fsp3) is 0.235.